The maximum Gasteiger partial charge on any atom is 0.306 e. The molecule has 0 aliphatic rings. The molecule has 0 atom stereocenters. The highest BCUT2D eigenvalue weighted by molar-refractivity contribution is 5.69. The zero-order valence-electron chi connectivity index (χ0n) is 33.8. The number of allylic oxidation sites excluding steroid dienone is 4. The third kappa shape index (κ3) is 37.5. The highest BCUT2D eigenvalue weighted by Gasteiger charge is 2.09. The van der Waals surface area contributed by atoms with Crippen LogP contribution in [0.4, 0.5) is 0 Å². The van der Waals surface area contributed by atoms with Crippen LogP contribution in [0.15, 0.2) is 36.6 Å². The number of carbonyl (C=O) groups excluding carboxylic acids is 1. The summed E-state index contributed by atoms with van der Waals surface area (Å²) < 4.78 is 5.44. The zero-order chi connectivity index (χ0) is 35.9. The Morgan fingerprint density at radius 1 is 0.490 bits per heavy atom. The molecule has 288 valence electrons. The molecule has 4 heteroatoms. The van der Waals surface area contributed by atoms with E-state index in [1.807, 2.05) is 6.08 Å². The summed E-state index contributed by atoms with van der Waals surface area (Å²) in [5.41, 5.74) is 1.33. The van der Waals surface area contributed by atoms with Gasteiger partial charge in [-0.25, -0.2) is 0 Å². The molecule has 4 nitrogen and oxygen atoms in total. The van der Waals surface area contributed by atoms with Crippen molar-refractivity contribution in [2.45, 2.75) is 206 Å². The van der Waals surface area contributed by atoms with Crippen LogP contribution in [0.5, 0.6) is 0 Å². The van der Waals surface area contributed by atoms with Crippen LogP contribution in [0, 0.1) is 0 Å². The van der Waals surface area contributed by atoms with E-state index in [2.05, 4.69) is 62.5 Å². The molecule has 49 heavy (non-hydrogen) atoms. The second kappa shape index (κ2) is 39.2. The van der Waals surface area contributed by atoms with Gasteiger partial charge in [0.1, 0.15) is 6.61 Å². The number of hydrogen-bond donors (Lipinski definition) is 0. The molecule has 0 aromatic rings. The quantitative estimate of drug-likeness (QED) is 0.0366. The normalized spacial score (nSPS) is 11.8. The molecule has 0 aromatic carbocycles. The van der Waals surface area contributed by atoms with Gasteiger partial charge >= 0.3 is 5.97 Å². The van der Waals surface area contributed by atoms with Crippen molar-refractivity contribution in [3.8, 4) is 0 Å². The minimum absolute atomic E-state index is 0.0519. The number of carbonyl (C=O) groups is 1. The number of rotatable bonds is 39. The maximum absolute atomic E-state index is 12.2. The van der Waals surface area contributed by atoms with E-state index < -0.39 is 0 Å². The van der Waals surface area contributed by atoms with E-state index in [0.29, 0.717) is 13.0 Å². The third-order valence-electron chi connectivity index (χ3n) is 9.75. The molecule has 0 fully saturated rings. The first-order chi connectivity index (χ1) is 24.0. The summed E-state index contributed by atoms with van der Waals surface area (Å²) in [6, 6.07) is 0. The van der Waals surface area contributed by atoms with Crippen molar-refractivity contribution in [3.05, 3.63) is 36.6 Å². The van der Waals surface area contributed by atoms with E-state index in [9.17, 15) is 4.79 Å². The van der Waals surface area contributed by atoms with E-state index in [1.165, 1.54) is 166 Å². The van der Waals surface area contributed by atoms with Crippen LogP contribution in [0.1, 0.15) is 206 Å². The SMILES string of the molecule is C=C(CCCCCCN(C)C)N(CCCCCCCC/C=C\CCCCCCCC)CCCCCC(=O)OC/C=C/CCCCCCCC. The molecule has 0 amide bonds. The second-order valence-electron chi connectivity index (χ2n) is 15.0. The maximum atomic E-state index is 12.2. The highest BCUT2D eigenvalue weighted by Crippen LogP contribution is 2.17. The standard InChI is InChI=1S/C45H86N2O2/c1-6-8-10-12-14-16-17-18-19-20-21-22-23-25-28-35-41-47(44(3)38-32-27-29-34-40-46(4)5)42-36-31-33-39-45(48)49-43-37-30-26-24-15-13-11-9-7-2/h18-19,30,37H,3,6-17,20-29,31-36,38-43H2,1-2,4-5H3/b19-18-,37-30+. The van der Waals surface area contributed by atoms with Gasteiger partial charge in [0.2, 0.25) is 0 Å². The molecular formula is C45H86N2O2. The molecule has 0 aromatic heterocycles. The van der Waals surface area contributed by atoms with E-state index in [-0.39, 0.29) is 5.97 Å². The van der Waals surface area contributed by atoms with Gasteiger partial charge in [-0.3, -0.25) is 4.79 Å². The van der Waals surface area contributed by atoms with Crippen molar-refractivity contribution < 1.29 is 9.53 Å². The Bertz CT molecular complexity index is 759. The number of hydrogen-bond acceptors (Lipinski definition) is 4. The Morgan fingerprint density at radius 2 is 0.878 bits per heavy atom. The van der Waals surface area contributed by atoms with Gasteiger partial charge in [-0.15, -0.1) is 0 Å². The summed E-state index contributed by atoms with van der Waals surface area (Å²) in [5, 5.41) is 0. The monoisotopic (exact) mass is 687 g/mol. The van der Waals surface area contributed by atoms with Crippen LogP contribution < -0.4 is 0 Å². The van der Waals surface area contributed by atoms with Gasteiger partial charge in [0.05, 0.1) is 0 Å². The molecule has 0 aliphatic heterocycles. The molecule has 0 bridgehead atoms. The van der Waals surface area contributed by atoms with Gasteiger partial charge in [0.25, 0.3) is 0 Å². The molecule has 0 saturated carbocycles. The molecule has 0 spiro atoms. The van der Waals surface area contributed by atoms with E-state index in [4.69, 9.17) is 4.74 Å². The van der Waals surface area contributed by atoms with Crippen LogP contribution in [0.25, 0.3) is 0 Å². The predicted molar refractivity (Wildman–Crippen MR) is 218 cm³/mol. The molecule has 0 N–H and O–H groups in total. The van der Waals surface area contributed by atoms with Gasteiger partial charge in [0.15, 0.2) is 0 Å². The average Bonchev–Trinajstić information content (AvgIpc) is 3.09. The second-order valence-corrected chi connectivity index (χ2v) is 15.0. The molecule has 0 rings (SSSR count). The van der Waals surface area contributed by atoms with Gasteiger partial charge < -0.3 is 14.5 Å². The Morgan fingerprint density at radius 3 is 1.39 bits per heavy atom. The lowest BCUT2D eigenvalue weighted by molar-refractivity contribution is -0.142. The zero-order valence-corrected chi connectivity index (χ0v) is 33.8. The van der Waals surface area contributed by atoms with Crippen molar-refractivity contribution in [2.24, 2.45) is 0 Å². The van der Waals surface area contributed by atoms with Crippen LogP contribution in [0.2, 0.25) is 0 Å². The summed E-state index contributed by atoms with van der Waals surface area (Å²) in [7, 11) is 4.32. The highest BCUT2D eigenvalue weighted by atomic mass is 16.5. The lowest BCUT2D eigenvalue weighted by atomic mass is 10.1. The van der Waals surface area contributed by atoms with E-state index in [0.717, 1.165) is 45.2 Å². The average molecular weight is 687 g/mol. The minimum atomic E-state index is -0.0519. The molecular weight excluding hydrogens is 601 g/mol. The lowest BCUT2D eigenvalue weighted by Gasteiger charge is -2.27. The number of esters is 1. The predicted octanol–water partition coefficient (Wildman–Crippen LogP) is 13.8. The van der Waals surface area contributed by atoms with Gasteiger partial charge in [-0.2, -0.15) is 0 Å². The Balaban J connectivity index is 4.16. The third-order valence-corrected chi connectivity index (χ3v) is 9.75. The lowest BCUT2D eigenvalue weighted by Crippen LogP contribution is -2.25. The van der Waals surface area contributed by atoms with Crippen molar-refractivity contribution in [3.63, 3.8) is 0 Å². The first-order valence-corrected chi connectivity index (χ1v) is 21.5. The molecule has 0 aliphatic carbocycles. The largest absolute Gasteiger partial charge is 0.461 e. The summed E-state index contributed by atoms with van der Waals surface area (Å²) in [6.45, 7) is 12.9. The molecule has 0 unspecified atom stereocenters. The fourth-order valence-electron chi connectivity index (χ4n) is 6.44. The summed E-state index contributed by atoms with van der Waals surface area (Å²) in [6.07, 6.45) is 46.9. The van der Waals surface area contributed by atoms with Crippen LogP contribution in [-0.4, -0.2) is 56.1 Å². The van der Waals surface area contributed by atoms with Crippen molar-refractivity contribution in [1.29, 1.82) is 0 Å². The number of unbranched alkanes of at least 4 members (excludes halogenated alkanes) is 23. The number of nitrogens with zero attached hydrogens (tertiary/aromatic N) is 2. The summed E-state index contributed by atoms with van der Waals surface area (Å²) in [5.74, 6) is -0.0519. The number of ether oxygens (including phenoxy) is 1. The minimum Gasteiger partial charge on any atom is -0.461 e. The van der Waals surface area contributed by atoms with Gasteiger partial charge in [0, 0.05) is 25.2 Å². The van der Waals surface area contributed by atoms with Crippen molar-refractivity contribution in [1.82, 2.24) is 9.80 Å². The first kappa shape index (κ1) is 47.4. The molecule has 0 heterocycles. The molecule has 0 radical (unpaired) electrons. The molecule has 0 saturated heterocycles. The first-order valence-electron chi connectivity index (χ1n) is 21.5. The summed E-state index contributed by atoms with van der Waals surface area (Å²) in [4.78, 5) is 17.1. The van der Waals surface area contributed by atoms with Crippen molar-refractivity contribution >= 4 is 5.97 Å². The van der Waals surface area contributed by atoms with Crippen LogP contribution in [0.3, 0.4) is 0 Å². The van der Waals surface area contributed by atoms with Crippen LogP contribution in [-0.2, 0) is 9.53 Å². The Labute approximate surface area is 308 Å². The van der Waals surface area contributed by atoms with Gasteiger partial charge in [-0.05, 0) is 97.7 Å². The smallest absolute Gasteiger partial charge is 0.306 e. The fourth-order valence-corrected chi connectivity index (χ4v) is 6.44. The van der Waals surface area contributed by atoms with E-state index >= 15 is 0 Å². The van der Waals surface area contributed by atoms with Crippen molar-refractivity contribution in [2.75, 3.05) is 40.3 Å². The fraction of sp³-hybridized carbons (Fsp3) is 0.844. The van der Waals surface area contributed by atoms with E-state index in [1.54, 1.807) is 0 Å². The van der Waals surface area contributed by atoms with Gasteiger partial charge in [-0.1, -0.05) is 154 Å². The summed E-state index contributed by atoms with van der Waals surface area (Å²) >= 11 is 0. The van der Waals surface area contributed by atoms with Crippen LogP contribution >= 0.6 is 0 Å². The topological polar surface area (TPSA) is 32.8 Å². The Kier molecular flexibility index (Phi) is 38.0. The Hall–Kier alpha value is -1.55.